The van der Waals surface area contributed by atoms with E-state index in [1.54, 1.807) is 49.5 Å². The van der Waals surface area contributed by atoms with Crippen LogP contribution >= 0.6 is 39.3 Å². The summed E-state index contributed by atoms with van der Waals surface area (Å²) in [6.45, 7) is 2.26. The third kappa shape index (κ3) is 4.48. The fourth-order valence-electron chi connectivity index (χ4n) is 2.37. The predicted molar refractivity (Wildman–Crippen MR) is 114 cm³/mol. The van der Waals surface area contributed by atoms with E-state index in [-0.39, 0.29) is 11.7 Å². The van der Waals surface area contributed by atoms with Crippen LogP contribution < -0.4 is 4.74 Å². The largest absolute Gasteiger partial charge is 0.503 e. The molecule has 1 aliphatic rings. The van der Waals surface area contributed by atoms with Crippen molar-refractivity contribution in [2.75, 3.05) is 13.7 Å². The number of phenolic OH excluding ortho intramolecular Hbond substituents is 1. The van der Waals surface area contributed by atoms with E-state index < -0.39 is 0 Å². The molecule has 0 radical (unpaired) electrons. The molecule has 0 bridgehead atoms. The van der Waals surface area contributed by atoms with Gasteiger partial charge in [0.2, 0.25) is 0 Å². The maximum Gasteiger partial charge on any atom is 0.266 e. The van der Waals surface area contributed by atoms with Gasteiger partial charge < -0.3 is 9.84 Å². The quantitative estimate of drug-likeness (QED) is 0.608. The van der Waals surface area contributed by atoms with Gasteiger partial charge in [0.25, 0.3) is 5.91 Å². The van der Waals surface area contributed by atoms with E-state index in [1.165, 1.54) is 16.7 Å². The zero-order chi connectivity index (χ0) is 19.6. The fourth-order valence-corrected chi connectivity index (χ4v) is 3.94. The van der Waals surface area contributed by atoms with Crippen molar-refractivity contribution in [3.63, 3.8) is 0 Å². The standard InChI is InChI=1S/C19H16BrClN2O3S/c1-3-26-15-9-11(8-14(20)17(15)24)10-16-18(25)23(2)19(27-16)22-13-6-4-12(21)5-7-13/h4-10,24H,3H2,1-2H3. The van der Waals surface area contributed by atoms with Crippen molar-refractivity contribution in [1.82, 2.24) is 4.90 Å². The van der Waals surface area contributed by atoms with Crippen LogP contribution in [-0.2, 0) is 4.79 Å². The maximum absolute atomic E-state index is 12.6. The number of carbonyl (C=O) groups is 1. The zero-order valence-corrected chi connectivity index (χ0v) is 17.7. The van der Waals surface area contributed by atoms with E-state index in [0.717, 1.165) is 5.56 Å². The number of rotatable bonds is 4. The minimum atomic E-state index is -0.144. The Balaban J connectivity index is 1.91. The average molecular weight is 468 g/mol. The van der Waals surface area contributed by atoms with E-state index in [1.807, 2.05) is 6.92 Å². The van der Waals surface area contributed by atoms with Gasteiger partial charge >= 0.3 is 0 Å². The molecular weight excluding hydrogens is 452 g/mol. The number of hydrogen-bond donors (Lipinski definition) is 1. The normalized spacial score (nSPS) is 17.2. The van der Waals surface area contributed by atoms with Gasteiger partial charge in [0.1, 0.15) is 0 Å². The first-order valence-corrected chi connectivity index (χ1v) is 10.0. The van der Waals surface area contributed by atoms with E-state index in [2.05, 4.69) is 20.9 Å². The Labute approximate surface area is 174 Å². The van der Waals surface area contributed by atoms with Gasteiger partial charge in [0.15, 0.2) is 16.7 Å². The molecule has 1 heterocycles. The number of halogens is 2. The predicted octanol–water partition coefficient (Wildman–Crippen LogP) is 5.44. The topological polar surface area (TPSA) is 62.1 Å². The van der Waals surface area contributed by atoms with Crippen molar-refractivity contribution in [3.8, 4) is 11.5 Å². The highest BCUT2D eigenvalue weighted by atomic mass is 79.9. The molecule has 0 aromatic heterocycles. The van der Waals surface area contributed by atoms with Gasteiger partial charge in [0.05, 0.1) is 21.7 Å². The smallest absolute Gasteiger partial charge is 0.266 e. The lowest BCUT2D eigenvalue weighted by atomic mass is 10.2. The van der Waals surface area contributed by atoms with Gasteiger partial charge in [-0.15, -0.1) is 0 Å². The molecule has 1 fully saturated rings. The summed E-state index contributed by atoms with van der Waals surface area (Å²) in [6.07, 6.45) is 1.75. The molecule has 1 N–H and O–H groups in total. The van der Waals surface area contributed by atoms with Gasteiger partial charge in [-0.1, -0.05) is 11.6 Å². The van der Waals surface area contributed by atoms with E-state index in [9.17, 15) is 9.90 Å². The highest BCUT2D eigenvalue weighted by molar-refractivity contribution is 9.10. The molecule has 0 atom stereocenters. The van der Waals surface area contributed by atoms with E-state index in [0.29, 0.717) is 37.6 Å². The van der Waals surface area contributed by atoms with E-state index in [4.69, 9.17) is 16.3 Å². The monoisotopic (exact) mass is 466 g/mol. The molecule has 140 valence electrons. The number of aromatic hydroxyl groups is 1. The maximum atomic E-state index is 12.6. The molecule has 0 spiro atoms. The Morgan fingerprint density at radius 3 is 2.70 bits per heavy atom. The summed E-state index contributed by atoms with van der Waals surface area (Å²) in [4.78, 5) is 19.1. The lowest BCUT2D eigenvalue weighted by molar-refractivity contribution is -0.121. The fraction of sp³-hybridized carbons (Fsp3) is 0.158. The molecule has 27 heavy (non-hydrogen) atoms. The van der Waals surface area contributed by atoms with Crippen LogP contribution in [0.3, 0.4) is 0 Å². The lowest BCUT2D eigenvalue weighted by Gasteiger charge is -2.09. The third-order valence-corrected chi connectivity index (χ3v) is 5.62. The number of likely N-dealkylation sites (N-methyl/N-ethyl adjacent to an activating group) is 1. The van der Waals surface area contributed by atoms with Crippen molar-refractivity contribution in [2.45, 2.75) is 6.92 Å². The summed E-state index contributed by atoms with van der Waals surface area (Å²) >= 11 is 10.5. The summed E-state index contributed by atoms with van der Waals surface area (Å²) < 4.78 is 5.93. The first-order valence-electron chi connectivity index (χ1n) is 8.06. The minimum absolute atomic E-state index is 0.0338. The van der Waals surface area contributed by atoms with Crippen molar-refractivity contribution < 1.29 is 14.6 Å². The van der Waals surface area contributed by atoms with Crippen LogP contribution in [0.1, 0.15) is 12.5 Å². The molecular formula is C19H16BrClN2O3S. The Hall–Kier alpha value is -1.96. The van der Waals surface area contributed by atoms with Crippen molar-refractivity contribution >= 4 is 62.1 Å². The molecule has 1 aliphatic heterocycles. The number of amides is 1. The number of carbonyl (C=O) groups excluding carboxylic acids is 1. The number of nitrogens with zero attached hydrogens (tertiary/aromatic N) is 2. The summed E-state index contributed by atoms with van der Waals surface area (Å²) in [5.74, 6) is 0.249. The van der Waals surface area contributed by atoms with Crippen molar-refractivity contribution in [3.05, 3.63) is 56.4 Å². The molecule has 3 rings (SSSR count). The molecule has 2 aromatic carbocycles. The van der Waals surface area contributed by atoms with Gasteiger partial charge in [-0.2, -0.15) is 0 Å². The summed E-state index contributed by atoms with van der Waals surface area (Å²) in [7, 11) is 1.68. The van der Waals surface area contributed by atoms with Crippen LogP contribution in [0.2, 0.25) is 5.02 Å². The minimum Gasteiger partial charge on any atom is -0.503 e. The third-order valence-electron chi connectivity index (χ3n) is 3.70. The van der Waals surface area contributed by atoms with Crippen molar-refractivity contribution in [1.29, 1.82) is 0 Å². The Bertz CT molecular complexity index is 945. The van der Waals surface area contributed by atoms with Crippen LogP contribution in [0.25, 0.3) is 6.08 Å². The Morgan fingerprint density at radius 2 is 2.04 bits per heavy atom. The number of phenols is 1. The number of aliphatic imine (C=N–C) groups is 1. The molecule has 1 saturated heterocycles. The number of amidine groups is 1. The highest BCUT2D eigenvalue weighted by Gasteiger charge is 2.30. The summed E-state index contributed by atoms with van der Waals surface area (Å²) in [5.41, 5.74) is 1.45. The van der Waals surface area contributed by atoms with Crippen LogP contribution in [0.5, 0.6) is 11.5 Å². The van der Waals surface area contributed by atoms with Gasteiger partial charge in [-0.3, -0.25) is 9.69 Å². The van der Waals surface area contributed by atoms with Crippen LogP contribution in [0.4, 0.5) is 5.69 Å². The summed E-state index contributed by atoms with van der Waals surface area (Å²) in [5, 5.41) is 11.2. The van der Waals surface area contributed by atoms with E-state index >= 15 is 0 Å². The number of ether oxygens (including phenoxy) is 1. The molecule has 2 aromatic rings. The summed E-state index contributed by atoms with van der Waals surface area (Å²) in [6, 6.07) is 10.5. The second-order valence-electron chi connectivity index (χ2n) is 5.63. The Kier molecular flexibility index (Phi) is 6.14. The second kappa shape index (κ2) is 8.37. The molecule has 5 nitrogen and oxygen atoms in total. The number of thioether (sulfide) groups is 1. The van der Waals surface area contributed by atoms with Crippen LogP contribution in [0.15, 0.2) is 50.8 Å². The van der Waals surface area contributed by atoms with Crippen LogP contribution in [-0.4, -0.2) is 34.7 Å². The zero-order valence-electron chi connectivity index (χ0n) is 14.6. The van der Waals surface area contributed by atoms with Gasteiger partial charge in [-0.05, 0) is 82.7 Å². The van der Waals surface area contributed by atoms with Gasteiger partial charge in [0, 0.05) is 12.1 Å². The number of benzene rings is 2. The second-order valence-corrected chi connectivity index (χ2v) is 7.93. The average Bonchev–Trinajstić information content (AvgIpc) is 2.89. The molecule has 8 heteroatoms. The number of hydrogen-bond acceptors (Lipinski definition) is 5. The highest BCUT2D eigenvalue weighted by Crippen LogP contribution is 2.38. The molecule has 0 unspecified atom stereocenters. The lowest BCUT2D eigenvalue weighted by Crippen LogP contribution is -2.23. The first kappa shape index (κ1) is 19.8. The molecule has 0 saturated carbocycles. The Morgan fingerprint density at radius 1 is 1.33 bits per heavy atom. The van der Waals surface area contributed by atoms with Crippen molar-refractivity contribution in [2.24, 2.45) is 4.99 Å². The molecule has 1 amide bonds. The molecule has 0 aliphatic carbocycles. The van der Waals surface area contributed by atoms with Crippen LogP contribution in [0, 0.1) is 0 Å². The first-order chi connectivity index (χ1) is 12.9. The van der Waals surface area contributed by atoms with Gasteiger partial charge in [-0.25, -0.2) is 4.99 Å². The SMILES string of the molecule is CCOc1cc(C=C2SC(=Nc3ccc(Cl)cc3)N(C)C2=O)cc(Br)c1O.